The Kier molecular flexibility index (Phi) is 4.41. The molecule has 3 rings (SSSR count). The van der Waals surface area contributed by atoms with Gasteiger partial charge in [0, 0.05) is 20.1 Å². The number of sulfonamides is 1. The third-order valence-corrected chi connectivity index (χ3v) is 5.53. The summed E-state index contributed by atoms with van der Waals surface area (Å²) in [6.07, 6.45) is 2.94. The second kappa shape index (κ2) is 6.36. The molecule has 0 radical (unpaired) electrons. The summed E-state index contributed by atoms with van der Waals surface area (Å²) >= 11 is 0. The van der Waals surface area contributed by atoms with E-state index in [1.165, 1.54) is 12.4 Å². The molecule has 1 fully saturated rings. The van der Waals surface area contributed by atoms with Gasteiger partial charge >= 0.3 is 0 Å². The SMILES string of the molecule is Cc1nn(C)c(C)c1S(=O)(=O)Nc1cnc(N2CCOCC2)nc1. The quantitative estimate of drug-likeness (QED) is 0.853. The average Bonchev–Trinajstić information content (AvgIpc) is 2.81. The van der Waals surface area contributed by atoms with Crippen LogP contribution in [0.5, 0.6) is 0 Å². The summed E-state index contributed by atoms with van der Waals surface area (Å²) in [4.78, 5) is 10.7. The van der Waals surface area contributed by atoms with Gasteiger partial charge in [0.05, 0.1) is 42.7 Å². The zero-order valence-electron chi connectivity index (χ0n) is 13.9. The molecule has 0 amide bonds. The summed E-state index contributed by atoms with van der Waals surface area (Å²) in [5.74, 6) is 0.565. The first kappa shape index (κ1) is 16.7. The highest BCUT2D eigenvalue weighted by Crippen LogP contribution is 2.22. The van der Waals surface area contributed by atoms with E-state index in [2.05, 4.69) is 19.8 Å². The molecular weight excluding hydrogens is 332 g/mol. The van der Waals surface area contributed by atoms with E-state index >= 15 is 0 Å². The van der Waals surface area contributed by atoms with E-state index in [-0.39, 0.29) is 4.90 Å². The average molecular weight is 352 g/mol. The summed E-state index contributed by atoms with van der Waals surface area (Å²) in [7, 11) is -2.03. The fraction of sp³-hybridized carbons (Fsp3) is 0.500. The Balaban J connectivity index is 1.80. The van der Waals surface area contributed by atoms with Gasteiger partial charge in [0.15, 0.2) is 0 Å². The normalized spacial score (nSPS) is 15.5. The van der Waals surface area contributed by atoms with Crippen LogP contribution >= 0.6 is 0 Å². The number of nitrogens with zero attached hydrogens (tertiary/aromatic N) is 5. The van der Waals surface area contributed by atoms with Gasteiger partial charge in [-0.05, 0) is 13.8 Å². The number of nitrogens with one attached hydrogen (secondary N) is 1. The van der Waals surface area contributed by atoms with Crippen molar-refractivity contribution in [3.05, 3.63) is 23.8 Å². The van der Waals surface area contributed by atoms with Gasteiger partial charge in [0.1, 0.15) is 4.90 Å². The summed E-state index contributed by atoms with van der Waals surface area (Å²) < 4.78 is 34.5. The molecule has 0 aromatic carbocycles. The maximum atomic E-state index is 12.6. The van der Waals surface area contributed by atoms with Crippen molar-refractivity contribution in [2.75, 3.05) is 35.9 Å². The highest BCUT2D eigenvalue weighted by atomic mass is 32.2. The molecule has 0 atom stereocenters. The van der Waals surface area contributed by atoms with Gasteiger partial charge in [0.2, 0.25) is 5.95 Å². The number of aromatic nitrogens is 4. The standard InChI is InChI=1S/C14H20N6O3S/c1-10-13(11(2)19(3)17-10)24(21,22)18-12-8-15-14(16-9-12)20-4-6-23-7-5-20/h8-9,18H,4-7H2,1-3H3. The van der Waals surface area contributed by atoms with Crippen LogP contribution in [0.2, 0.25) is 0 Å². The molecule has 10 heteroatoms. The van der Waals surface area contributed by atoms with Crippen molar-refractivity contribution >= 4 is 21.7 Å². The van der Waals surface area contributed by atoms with Gasteiger partial charge < -0.3 is 9.64 Å². The van der Waals surface area contributed by atoms with Gasteiger partial charge in [-0.15, -0.1) is 0 Å². The van der Waals surface area contributed by atoms with Crippen molar-refractivity contribution in [3.8, 4) is 0 Å². The minimum atomic E-state index is -3.74. The zero-order chi connectivity index (χ0) is 17.3. The van der Waals surface area contributed by atoms with Crippen LogP contribution in [0.25, 0.3) is 0 Å². The molecule has 130 valence electrons. The monoisotopic (exact) mass is 352 g/mol. The fourth-order valence-corrected chi connectivity index (χ4v) is 4.12. The van der Waals surface area contributed by atoms with E-state index < -0.39 is 10.0 Å². The van der Waals surface area contributed by atoms with E-state index in [0.717, 1.165) is 13.1 Å². The van der Waals surface area contributed by atoms with Crippen molar-refractivity contribution in [3.63, 3.8) is 0 Å². The second-order valence-electron chi connectivity index (χ2n) is 5.60. The lowest BCUT2D eigenvalue weighted by Crippen LogP contribution is -2.37. The number of ether oxygens (including phenoxy) is 1. The topological polar surface area (TPSA) is 102 Å². The number of aryl methyl sites for hydroxylation is 2. The molecule has 1 aliphatic heterocycles. The Hall–Kier alpha value is -2.20. The first-order valence-electron chi connectivity index (χ1n) is 7.56. The van der Waals surface area contributed by atoms with E-state index in [4.69, 9.17) is 4.74 Å². The number of hydrogen-bond acceptors (Lipinski definition) is 7. The van der Waals surface area contributed by atoms with E-state index in [9.17, 15) is 8.42 Å². The Labute approximate surface area is 140 Å². The third kappa shape index (κ3) is 3.20. The van der Waals surface area contributed by atoms with Crippen LogP contribution < -0.4 is 9.62 Å². The molecule has 0 spiro atoms. The highest BCUT2D eigenvalue weighted by molar-refractivity contribution is 7.92. The van der Waals surface area contributed by atoms with Crippen LogP contribution in [0.15, 0.2) is 17.3 Å². The van der Waals surface area contributed by atoms with Crippen molar-refractivity contribution in [2.24, 2.45) is 7.05 Å². The van der Waals surface area contributed by atoms with Gasteiger partial charge in [0.25, 0.3) is 10.0 Å². The molecule has 0 unspecified atom stereocenters. The van der Waals surface area contributed by atoms with Gasteiger partial charge in [-0.1, -0.05) is 0 Å². The van der Waals surface area contributed by atoms with Crippen molar-refractivity contribution < 1.29 is 13.2 Å². The molecule has 1 aliphatic rings. The van der Waals surface area contributed by atoms with E-state index in [1.54, 1.807) is 25.6 Å². The van der Waals surface area contributed by atoms with Crippen LogP contribution in [-0.2, 0) is 21.8 Å². The molecule has 0 saturated carbocycles. The van der Waals surface area contributed by atoms with Gasteiger partial charge in [-0.25, -0.2) is 18.4 Å². The minimum absolute atomic E-state index is 0.183. The van der Waals surface area contributed by atoms with E-state index in [0.29, 0.717) is 36.2 Å². The summed E-state index contributed by atoms with van der Waals surface area (Å²) in [6, 6.07) is 0. The third-order valence-electron chi connectivity index (χ3n) is 3.90. The predicted octanol–water partition coefficient (Wildman–Crippen LogP) is 0.464. The maximum Gasteiger partial charge on any atom is 0.265 e. The molecule has 2 aromatic rings. The van der Waals surface area contributed by atoms with Gasteiger partial charge in [-0.2, -0.15) is 5.10 Å². The lowest BCUT2D eigenvalue weighted by Gasteiger charge is -2.26. The first-order chi connectivity index (χ1) is 11.4. The summed E-state index contributed by atoms with van der Waals surface area (Å²) in [6.45, 7) is 6.10. The summed E-state index contributed by atoms with van der Waals surface area (Å²) in [5.41, 5.74) is 1.34. The van der Waals surface area contributed by atoms with Crippen LogP contribution in [-0.4, -0.2) is 54.5 Å². The number of morpholine rings is 1. The molecule has 2 aromatic heterocycles. The Morgan fingerprint density at radius 3 is 2.33 bits per heavy atom. The minimum Gasteiger partial charge on any atom is -0.378 e. The van der Waals surface area contributed by atoms with Crippen LogP contribution in [0.3, 0.4) is 0 Å². The molecular formula is C14H20N6O3S. The fourth-order valence-electron chi connectivity index (χ4n) is 2.65. The zero-order valence-corrected chi connectivity index (χ0v) is 14.7. The number of hydrogen-bond donors (Lipinski definition) is 1. The summed E-state index contributed by atoms with van der Waals surface area (Å²) in [5, 5.41) is 4.14. The van der Waals surface area contributed by atoms with Crippen LogP contribution in [0.1, 0.15) is 11.4 Å². The largest absolute Gasteiger partial charge is 0.378 e. The Bertz CT molecular complexity index is 825. The van der Waals surface area contributed by atoms with Crippen molar-refractivity contribution in [1.82, 2.24) is 19.7 Å². The first-order valence-corrected chi connectivity index (χ1v) is 9.04. The lowest BCUT2D eigenvalue weighted by atomic mass is 10.4. The molecule has 1 saturated heterocycles. The molecule has 3 heterocycles. The lowest BCUT2D eigenvalue weighted by molar-refractivity contribution is 0.122. The Morgan fingerprint density at radius 2 is 1.79 bits per heavy atom. The number of rotatable bonds is 4. The van der Waals surface area contributed by atoms with Crippen LogP contribution in [0.4, 0.5) is 11.6 Å². The molecule has 1 N–H and O–H groups in total. The second-order valence-corrected chi connectivity index (χ2v) is 7.22. The number of anilines is 2. The van der Waals surface area contributed by atoms with E-state index in [1.807, 2.05) is 4.90 Å². The van der Waals surface area contributed by atoms with Gasteiger partial charge in [-0.3, -0.25) is 9.40 Å². The molecule has 9 nitrogen and oxygen atoms in total. The Morgan fingerprint density at radius 1 is 1.17 bits per heavy atom. The van der Waals surface area contributed by atoms with Crippen molar-refractivity contribution in [1.29, 1.82) is 0 Å². The van der Waals surface area contributed by atoms with Crippen LogP contribution in [0, 0.1) is 13.8 Å². The smallest absolute Gasteiger partial charge is 0.265 e. The maximum absolute atomic E-state index is 12.6. The van der Waals surface area contributed by atoms with Crippen molar-refractivity contribution in [2.45, 2.75) is 18.7 Å². The highest BCUT2D eigenvalue weighted by Gasteiger charge is 2.24. The molecule has 0 aliphatic carbocycles. The predicted molar refractivity (Wildman–Crippen MR) is 88.6 cm³/mol. The molecule has 24 heavy (non-hydrogen) atoms. The molecule has 0 bridgehead atoms.